The van der Waals surface area contributed by atoms with Crippen molar-refractivity contribution in [1.29, 1.82) is 0 Å². The maximum absolute atomic E-state index is 2.35. The second-order valence-electron chi connectivity index (χ2n) is 5.29. The summed E-state index contributed by atoms with van der Waals surface area (Å²) in [5.41, 5.74) is 3.17. The van der Waals surface area contributed by atoms with Crippen molar-refractivity contribution in [1.82, 2.24) is 0 Å². The highest BCUT2D eigenvalue weighted by Gasteiger charge is 2.12. The van der Waals surface area contributed by atoms with Gasteiger partial charge in [-0.3, -0.25) is 0 Å². The van der Waals surface area contributed by atoms with Crippen molar-refractivity contribution in [3.8, 4) is 0 Å². The quantitative estimate of drug-likeness (QED) is 0.428. The first-order valence-electron chi connectivity index (χ1n) is 6.86. The molecule has 1 heteroatoms. The third-order valence-corrected chi connectivity index (χ3v) is 4.26. The summed E-state index contributed by atoms with van der Waals surface area (Å²) in [7, 11) is 0. The van der Waals surface area contributed by atoms with Crippen molar-refractivity contribution in [3.05, 3.63) is 59.7 Å². The molecule has 0 N–H and O–H groups in total. The van der Waals surface area contributed by atoms with Gasteiger partial charge >= 0.3 is 0 Å². The van der Waals surface area contributed by atoms with Gasteiger partial charge in [0.25, 0.3) is 0 Å². The van der Waals surface area contributed by atoms with Crippen molar-refractivity contribution in [2.75, 3.05) is 0 Å². The molecular formula is C18H19Al. The molecule has 0 bridgehead atoms. The van der Waals surface area contributed by atoms with Gasteiger partial charge < -0.3 is 0 Å². The summed E-state index contributed by atoms with van der Waals surface area (Å²) in [4.78, 5) is 0. The molecule has 0 heterocycles. The standard InChI is InChI=1S/C18H16.Al.3H/c1-3-7-15-13(5-1)9-11-18-16-8-4-2-6-14(16)10-12-17(15)18;;;;/h1,3,5,7,9-12H,2,4,6,8H2;;;;. The van der Waals surface area contributed by atoms with E-state index in [1.807, 2.05) is 0 Å². The highest BCUT2D eigenvalue weighted by Crippen LogP contribution is 2.32. The van der Waals surface area contributed by atoms with Crippen LogP contribution in [0.3, 0.4) is 0 Å². The highest BCUT2D eigenvalue weighted by molar-refractivity contribution is 6.08. The number of hydrogen-bond donors (Lipinski definition) is 0. The Morgan fingerprint density at radius 2 is 1.42 bits per heavy atom. The largest absolute Gasteiger partial charge is 0.187 e. The van der Waals surface area contributed by atoms with E-state index >= 15 is 0 Å². The zero-order valence-corrected chi connectivity index (χ0v) is 10.4. The molecule has 19 heavy (non-hydrogen) atoms. The van der Waals surface area contributed by atoms with Crippen LogP contribution in [0.15, 0.2) is 48.5 Å². The van der Waals surface area contributed by atoms with E-state index in [0.29, 0.717) is 0 Å². The molecule has 0 unspecified atom stereocenters. The Morgan fingerprint density at radius 3 is 2.37 bits per heavy atom. The SMILES string of the molecule is [AlH3].c1ccc2c(c1)ccc1c3c(ccc12)CCCC3. The van der Waals surface area contributed by atoms with Crippen LogP contribution in [-0.2, 0) is 12.8 Å². The van der Waals surface area contributed by atoms with Gasteiger partial charge in [0.1, 0.15) is 0 Å². The summed E-state index contributed by atoms with van der Waals surface area (Å²) in [6.45, 7) is 0. The van der Waals surface area contributed by atoms with Gasteiger partial charge in [0.05, 0.1) is 0 Å². The molecule has 0 atom stereocenters. The lowest BCUT2D eigenvalue weighted by molar-refractivity contribution is 0.690. The fourth-order valence-corrected chi connectivity index (χ4v) is 3.34. The second-order valence-corrected chi connectivity index (χ2v) is 5.29. The molecule has 3 aromatic rings. The molecule has 1 aliphatic rings. The number of aryl methyl sites for hydroxylation is 2. The monoisotopic (exact) mass is 262 g/mol. The maximum Gasteiger partial charge on any atom is 0.187 e. The smallest absolute Gasteiger partial charge is 0.0616 e. The van der Waals surface area contributed by atoms with Crippen LogP contribution < -0.4 is 0 Å². The van der Waals surface area contributed by atoms with Crippen LogP contribution in [-0.4, -0.2) is 17.4 Å². The van der Waals surface area contributed by atoms with Gasteiger partial charge in [0, 0.05) is 0 Å². The Kier molecular flexibility index (Phi) is 3.35. The van der Waals surface area contributed by atoms with Crippen LogP contribution in [0.4, 0.5) is 0 Å². The van der Waals surface area contributed by atoms with Gasteiger partial charge in [-0.05, 0) is 58.4 Å². The van der Waals surface area contributed by atoms with Crippen LogP contribution in [0.25, 0.3) is 21.5 Å². The molecule has 0 amide bonds. The van der Waals surface area contributed by atoms with E-state index in [1.54, 1.807) is 11.1 Å². The van der Waals surface area contributed by atoms with E-state index < -0.39 is 0 Å². The Balaban J connectivity index is 0.00000110. The Bertz CT molecular complexity index is 743. The molecule has 1 aliphatic carbocycles. The summed E-state index contributed by atoms with van der Waals surface area (Å²) in [6, 6.07) is 18.0. The Labute approximate surface area is 124 Å². The van der Waals surface area contributed by atoms with Gasteiger partial charge in [-0.25, -0.2) is 0 Å². The molecule has 0 radical (unpaired) electrons. The fourth-order valence-electron chi connectivity index (χ4n) is 3.34. The van der Waals surface area contributed by atoms with Crippen LogP contribution in [0.5, 0.6) is 0 Å². The molecule has 0 saturated carbocycles. The minimum Gasteiger partial charge on any atom is -0.0616 e. The first-order chi connectivity index (χ1) is 8.93. The first-order valence-corrected chi connectivity index (χ1v) is 6.86. The number of hydrogen-bond acceptors (Lipinski definition) is 0. The molecule has 3 aromatic carbocycles. The summed E-state index contributed by atoms with van der Waals surface area (Å²) < 4.78 is 0. The molecule has 0 fully saturated rings. The zero-order valence-electron chi connectivity index (χ0n) is 10.4. The van der Waals surface area contributed by atoms with Gasteiger partial charge in [-0.15, -0.1) is 0 Å². The van der Waals surface area contributed by atoms with Crippen molar-refractivity contribution in [3.63, 3.8) is 0 Å². The van der Waals surface area contributed by atoms with Crippen LogP contribution >= 0.6 is 0 Å². The van der Waals surface area contributed by atoms with E-state index in [1.165, 1.54) is 47.2 Å². The van der Waals surface area contributed by atoms with E-state index in [2.05, 4.69) is 48.5 Å². The lowest BCUT2D eigenvalue weighted by Crippen LogP contribution is -2.02. The minimum atomic E-state index is 0. The van der Waals surface area contributed by atoms with Crippen LogP contribution in [0, 0.1) is 0 Å². The number of benzene rings is 3. The average Bonchev–Trinajstić information content (AvgIpc) is 2.46. The lowest BCUT2D eigenvalue weighted by atomic mass is 9.86. The summed E-state index contributed by atoms with van der Waals surface area (Å²) >= 11 is 0. The first kappa shape index (κ1) is 12.7. The summed E-state index contributed by atoms with van der Waals surface area (Å²) in [5.74, 6) is 0. The van der Waals surface area contributed by atoms with Gasteiger partial charge in [-0.1, -0.05) is 48.5 Å². The molecule has 0 nitrogen and oxygen atoms in total. The third kappa shape index (κ3) is 1.98. The van der Waals surface area contributed by atoms with Crippen LogP contribution in [0.2, 0.25) is 0 Å². The highest BCUT2D eigenvalue weighted by atomic mass is 27.0. The fraction of sp³-hybridized carbons (Fsp3) is 0.222. The summed E-state index contributed by atoms with van der Waals surface area (Å²) in [5, 5.41) is 5.64. The number of rotatable bonds is 0. The second kappa shape index (κ2) is 5.00. The Hall–Kier alpha value is -1.29. The van der Waals surface area contributed by atoms with Crippen LogP contribution in [0.1, 0.15) is 24.0 Å². The van der Waals surface area contributed by atoms with Crippen molar-refractivity contribution in [2.45, 2.75) is 25.7 Å². The van der Waals surface area contributed by atoms with Crippen molar-refractivity contribution >= 4 is 38.9 Å². The Morgan fingerprint density at radius 1 is 0.632 bits per heavy atom. The van der Waals surface area contributed by atoms with Gasteiger partial charge in [0.2, 0.25) is 0 Å². The normalized spacial score (nSPS) is 14.1. The van der Waals surface area contributed by atoms with E-state index in [0.717, 1.165) is 0 Å². The zero-order chi connectivity index (χ0) is 11.9. The predicted octanol–water partition coefficient (Wildman–Crippen LogP) is 3.69. The molecule has 4 rings (SSSR count). The van der Waals surface area contributed by atoms with E-state index in [9.17, 15) is 0 Å². The lowest BCUT2D eigenvalue weighted by Gasteiger charge is -2.18. The van der Waals surface area contributed by atoms with E-state index in [4.69, 9.17) is 0 Å². The minimum absolute atomic E-state index is 0. The third-order valence-electron chi connectivity index (χ3n) is 4.26. The molecule has 0 aliphatic heterocycles. The molecule has 0 spiro atoms. The topological polar surface area (TPSA) is 0 Å². The molecule has 94 valence electrons. The maximum atomic E-state index is 2.35. The van der Waals surface area contributed by atoms with Crippen molar-refractivity contribution in [2.24, 2.45) is 0 Å². The molecular weight excluding hydrogens is 243 g/mol. The molecule has 0 aromatic heterocycles. The molecule has 0 saturated heterocycles. The van der Waals surface area contributed by atoms with Gasteiger partial charge in [0.15, 0.2) is 17.4 Å². The number of fused-ring (bicyclic) bond motifs is 5. The van der Waals surface area contributed by atoms with Gasteiger partial charge in [-0.2, -0.15) is 0 Å². The van der Waals surface area contributed by atoms with Crippen molar-refractivity contribution < 1.29 is 0 Å². The predicted molar refractivity (Wildman–Crippen MR) is 88.0 cm³/mol. The average molecular weight is 262 g/mol. The van der Waals surface area contributed by atoms with E-state index in [-0.39, 0.29) is 17.4 Å². The summed E-state index contributed by atoms with van der Waals surface area (Å²) in [6.07, 6.45) is 5.22.